The number of hydrogen-bond acceptors (Lipinski definition) is 4. The zero-order valence-electron chi connectivity index (χ0n) is 17.0. The molecule has 0 bridgehead atoms. The Labute approximate surface area is 186 Å². The van der Waals surface area contributed by atoms with Gasteiger partial charge >= 0.3 is 0 Å². The summed E-state index contributed by atoms with van der Waals surface area (Å²) in [6.45, 7) is 2.96. The average molecular weight is 441 g/mol. The van der Waals surface area contributed by atoms with Crippen molar-refractivity contribution in [2.45, 2.75) is 50.5 Å². The van der Waals surface area contributed by atoms with Crippen LogP contribution >= 0.6 is 23.4 Å². The molecule has 0 atom stereocenters. The maximum absolute atomic E-state index is 12.5. The van der Waals surface area contributed by atoms with Gasteiger partial charge in [-0.15, -0.1) is 22.0 Å². The number of nitrogens with zero attached hydrogens (tertiary/aromatic N) is 3. The predicted octanol–water partition coefficient (Wildman–Crippen LogP) is 5.75. The molecular formula is C23H25ClN4OS. The van der Waals surface area contributed by atoms with Gasteiger partial charge in [-0.05, 0) is 55.7 Å². The molecule has 2 heterocycles. The van der Waals surface area contributed by atoms with Gasteiger partial charge in [0.2, 0.25) is 5.91 Å². The minimum Gasteiger partial charge on any atom is -0.326 e. The number of aryl methyl sites for hydroxylation is 2. The SMILES string of the molecule is Cc1ccc(-c2nnc3n2CCCCC3)cc1NC(=O)CCSc1ccc(Cl)cc1. The Morgan fingerprint density at radius 3 is 2.80 bits per heavy atom. The number of amides is 1. The summed E-state index contributed by atoms with van der Waals surface area (Å²) in [5.41, 5.74) is 2.86. The van der Waals surface area contributed by atoms with Crippen LogP contribution in [-0.4, -0.2) is 26.4 Å². The lowest BCUT2D eigenvalue weighted by Crippen LogP contribution is -2.13. The monoisotopic (exact) mass is 440 g/mol. The Hall–Kier alpha value is -2.31. The van der Waals surface area contributed by atoms with Gasteiger partial charge in [0.25, 0.3) is 0 Å². The fourth-order valence-corrected chi connectivity index (χ4v) is 4.58. The summed E-state index contributed by atoms with van der Waals surface area (Å²) in [6, 6.07) is 13.8. The van der Waals surface area contributed by atoms with Gasteiger partial charge in [-0.25, -0.2) is 0 Å². The fourth-order valence-electron chi connectivity index (χ4n) is 3.60. The van der Waals surface area contributed by atoms with Crippen molar-refractivity contribution in [2.75, 3.05) is 11.1 Å². The number of benzene rings is 2. The molecule has 0 spiro atoms. The first-order valence-corrected chi connectivity index (χ1v) is 11.7. The summed E-state index contributed by atoms with van der Waals surface area (Å²) in [5, 5.41) is 12.6. The lowest BCUT2D eigenvalue weighted by Gasteiger charge is -2.12. The van der Waals surface area contributed by atoms with Crippen molar-refractivity contribution >= 4 is 35.0 Å². The summed E-state index contributed by atoms with van der Waals surface area (Å²) >= 11 is 7.56. The van der Waals surface area contributed by atoms with Crippen LogP contribution in [0.25, 0.3) is 11.4 Å². The number of halogens is 1. The van der Waals surface area contributed by atoms with Crippen LogP contribution in [0, 0.1) is 6.92 Å². The minimum absolute atomic E-state index is 0.0109. The Balaban J connectivity index is 1.41. The molecule has 3 aromatic rings. The van der Waals surface area contributed by atoms with E-state index in [1.165, 1.54) is 12.8 Å². The number of anilines is 1. The second-order valence-corrected chi connectivity index (χ2v) is 9.14. The van der Waals surface area contributed by atoms with E-state index in [9.17, 15) is 4.79 Å². The molecule has 5 nitrogen and oxygen atoms in total. The van der Waals surface area contributed by atoms with Crippen molar-refractivity contribution < 1.29 is 4.79 Å². The molecule has 2 aromatic carbocycles. The van der Waals surface area contributed by atoms with Crippen molar-refractivity contribution in [2.24, 2.45) is 0 Å². The molecule has 1 aliphatic heterocycles. The van der Waals surface area contributed by atoms with Crippen LogP contribution in [0.5, 0.6) is 0 Å². The first-order chi connectivity index (χ1) is 14.6. The van der Waals surface area contributed by atoms with Crippen LogP contribution < -0.4 is 5.32 Å². The second-order valence-electron chi connectivity index (χ2n) is 7.53. The van der Waals surface area contributed by atoms with E-state index >= 15 is 0 Å². The number of thioether (sulfide) groups is 1. The normalized spacial score (nSPS) is 13.5. The highest BCUT2D eigenvalue weighted by atomic mass is 35.5. The maximum atomic E-state index is 12.5. The van der Waals surface area contributed by atoms with Crippen LogP contribution in [0.15, 0.2) is 47.4 Å². The summed E-state index contributed by atoms with van der Waals surface area (Å²) < 4.78 is 2.23. The van der Waals surface area contributed by atoms with E-state index in [0.717, 1.165) is 57.8 Å². The number of aromatic nitrogens is 3. The molecular weight excluding hydrogens is 416 g/mol. The van der Waals surface area contributed by atoms with Crippen LogP contribution in [-0.2, 0) is 17.8 Å². The quantitative estimate of drug-likeness (QED) is 0.495. The van der Waals surface area contributed by atoms with E-state index in [-0.39, 0.29) is 5.91 Å². The second kappa shape index (κ2) is 9.67. The summed E-state index contributed by atoms with van der Waals surface area (Å²) in [6.07, 6.45) is 4.97. The topological polar surface area (TPSA) is 59.8 Å². The number of hydrogen-bond donors (Lipinski definition) is 1. The number of carbonyl (C=O) groups excluding carboxylic acids is 1. The van der Waals surface area contributed by atoms with Crippen LogP contribution in [0.3, 0.4) is 0 Å². The minimum atomic E-state index is 0.0109. The Kier molecular flexibility index (Phi) is 6.75. The van der Waals surface area contributed by atoms with Gasteiger partial charge in [-0.1, -0.05) is 30.2 Å². The van der Waals surface area contributed by atoms with Crippen molar-refractivity contribution in [1.82, 2.24) is 14.8 Å². The molecule has 1 N–H and O–H groups in total. The molecule has 4 rings (SSSR count). The number of rotatable bonds is 6. The van der Waals surface area contributed by atoms with Crippen LogP contribution in [0.2, 0.25) is 5.02 Å². The van der Waals surface area contributed by atoms with Gasteiger partial charge in [-0.3, -0.25) is 4.79 Å². The highest BCUT2D eigenvalue weighted by molar-refractivity contribution is 7.99. The van der Waals surface area contributed by atoms with Gasteiger partial charge in [0.05, 0.1) is 0 Å². The highest BCUT2D eigenvalue weighted by Gasteiger charge is 2.17. The van der Waals surface area contributed by atoms with Gasteiger partial charge in [0.1, 0.15) is 5.82 Å². The third-order valence-corrected chi connectivity index (χ3v) is 6.56. The average Bonchev–Trinajstić information content (AvgIpc) is 2.99. The smallest absolute Gasteiger partial charge is 0.225 e. The number of fused-ring (bicyclic) bond motifs is 1. The summed E-state index contributed by atoms with van der Waals surface area (Å²) in [7, 11) is 0. The molecule has 30 heavy (non-hydrogen) atoms. The third-order valence-electron chi connectivity index (χ3n) is 5.29. The molecule has 0 aliphatic carbocycles. The largest absolute Gasteiger partial charge is 0.326 e. The van der Waals surface area contributed by atoms with Crippen molar-refractivity contribution in [3.63, 3.8) is 0 Å². The Morgan fingerprint density at radius 2 is 1.97 bits per heavy atom. The summed E-state index contributed by atoms with van der Waals surface area (Å²) in [4.78, 5) is 13.6. The van der Waals surface area contributed by atoms with Crippen LogP contribution in [0.1, 0.15) is 37.1 Å². The van der Waals surface area contributed by atoms with Gasteiger partial charge < -0.3 is 9.88 Å². The fraction of sp³-hybridized carbons (Fsp3) is 0.348. The van der Waals surface area contributed by atoms with E-state index in [4.69, 9.17) is 11.6 Å². The third kappa shape index (κ3) is 5.05. The van der Waals surface area contributed by atoms with E-state index in [2.05, 4.69) is 26.1 Å². The van der Waals surface area contributed by atoms with Crippen LogP contribution in [0.4, 0.5) is 5.69 Å². The molecule has 1 aromatic heterocycles. The van der Waals surface area contributed by atoms with Gasteiger partial charge in [0.15, 0.2) is 5.82 Å². The summed E-state index contributed by atoms with van der Waals surface area (Å²) in [5.74, 6) is 2.68. The number of nitrogens with one attached hydrogen (secondary N) is 1. The zero-order chi connectivity index (χ0) is 20.9. The highest BCUT2D eigenvalue weighted by Crippen LogP contribution is 2.27. The lowest BCUT2D eigenvalue weighted by molar-refractivity contribution is -0.115. The first kappa shape index (κ1) is 20.9. The lowest BCUT2D eigenvalue weighted by atomic mass is 10.1. The molecule has 156 valence electrons. The maximum Gasteiger partial charge on any atom is 0.225 e. The van der Waals surface area contributed by atoms with Crippen molar-refractivity contribution in [3.05, 3.63) is 58.9 Å². The van der Waals surface area contributed by atoms with E-state index < -0.39 is 0 Å². The van der Waals surface area contributed by atoms with Gasteiger partial charge in [-0.2, -0.15) is 0 Å². The molecule has 0 unspecified atom stereocenters. The Bertz CT molecular complexity index is 1030. The van der Waals surface area contributed by atoms with Crippen molar-refractivity contribution in [1.29, 1.82) is 0 Å². The number of carbonyl (C=O) groups is 1. The van der Waals surface area contributed by atoms with E-state index in [0.29, 0.717) is 12.2 Å². The molecule has 0 saturated carbocycles. The molecule has 7 heteroatoms. The molecule has 1 aliphatic rings. The van der Waals surface area contributed by atoms with Gasteiger partial charge in [0, 0.05) is 46.3 Å². The molecule has 1 amide bonds. The molecule has 0 radical (unpaired) electrons. The zero-order valence-corrected chi connectivity index (χ0v) is 18.6. The molecule has 0 saturated heterocycles. The predicted molar refractivity (Wildman–Crippen MR) is 123 cm³/mol. The standard InChI is InChI=1S/C23H25ClN4OS/c1-16-6-7-17(23-27-26-21-5-3-2-4-13-28(21)23)15-20(16)25-22(29)12-14-30-19-10-8-18(24)9-11-19/h6-11,15H,2-5,12-14H2,1H3,(H,25,29). The van der Waals surface area contributed by atoms with E-state index in [1.807, 2.05) is 43.3 Å². The molecule has 0 fully saturated rings. The van der Waals surface area contributed by atoms with E-state index in [1.54, 1.807) is 11.8 Å². The Morgan fingerprint density at radius 1 is 1.13 bits per heavy atom. The van der Waals surface area contributed by atoms with Crippen molar-refractivity contribution in [3.8, 4) is 11.4 Å². The first-order valence-electron chi connectivity index (χ1n) is 10.3.